The lowest BCUT2D eigenvalue weighted by atomic mass is 9.68. The molecule has 0 saturated carbocycles. The number of halogens is 1. The Kier molecular flexibility index (Phi) is 6.48. The SMILES string of the molecule is CCc1cccc2c1N(Cc1ccccc1Cl)C(=O)C2(c1cc(C)c(O)c(C)c1)c1cc(C)c(O)c(C)c1. The molecule has 4 nitrogen and oxygen atoms in total. The summed E-state index contributed by atoms with van der Waals surface area (Å²) in [6, 6.07) is 21.4. The maximum atomic E-state index is 15.0. The quantitative estimate of drug-likeness (QED) is 0.285. The lowest BCUT2D eigenvalue weighted by Crippen LogP contribution is -2.42. The number of fused-ring (bicyclic) bond motifs is 1. The van der Waals surface area contributed by atoms with Crippen molar-refractivity contribution >= 4 is 23.2 Å². The molecular weight excluding hydrogens is 494 g/mol. The fourth-order valence-corrected chi connectivity index (χ4v) is 6.13. The number of phenols is 2. The van der Waals surface area contributed by atoms with Gasteiger partial charge in [0.15, 0.2) is 0 Å². The number of aromatic hydroxyl groups is 2. The Balaban J connectivity index is 1.90. The molecule has 0 saturated heterocycles. The number of phenolic OH excluding ortho intramolecular Hbond substituents is 2. The van der Waals surface area contributed by atoms with E-state index in [0.29, 0.717) is 33.8 Å². The Hall–Kier alpha value is -3.76. The Morgan fingerprint density at radius 2 is 1.26 bits per heavy atom. The van der Waals surface area contributed by atoms with Gasteiger partial charge in [0.25, 0.3) is 0 Å². The average molecular weight is 526 g/mol. The highest BCUT2D eigenvalue weighted by atomic mass is 35.5. The molecule has 0 aliphatic carbocycles. The first-order chi connectivity index (χ1) is 18.1. The first-order valence-electron chi connectivity index (χ1n) is 12.9. The van der Waals surface area contributed by atoms with E-state index in [2.05, 4.69) is 13.0 Å². The van der Waals surface area contributed by atoms with Crippen LogP contribution in [0.15, 0.2) is 66.7 Å². The van der Waals surface area contributed by atoms with Crippen LogP contribution in [-0.4, -0.2) is 16.1 Å². The third-order valence-electron chi connectivity index (χ3n) is 7.87. The zero-order valence-corrected chi connectivity index (χ0v) is 23.1. The second kappa shape index (κ2) is 9.52. The maximum Gasteiger partial charge on any atom is 0.247 e. The van der Waals surface area contributed by atoms with E-state index in [0.717, 1.165) is 39.9 Å². The molecule has 0 fully saturated rings. The van der Waals surface area contributed by atoms with Crippen molar-refractivity contribution < 1.29 is 15.0 Å². The molecule has 5 heteroatoms. The molecule has 38 heavy (non-hydrogen) atoms. The Bertz CT molecular complexity index is 1490. The number of hydrogen-bond acceptors (Lipinski definition) is 3. The summed E-state index contributed by atoms with van der Waals surface area (Å²) in [5.74, 6) is 0.369. The van der Waals surface area contributed by atoms with Gasteiger partial charge in [0.2, 0.25) is 5.91 Å². The number of amides is 1. The third-order valence-corrected chi connectivity index (χ3v) is 8.24. The molecule has 4 aromatic rings. The molecule has 5 rings (SSSR count). The number of hydrogen-bond donors (Lipinski definition) is 2. The minimum Gasteiger partial charge on any atom is -0.507 e. The standard InChI is InChI=1S/C33H32ClNO3/c1-6-23-11-9-12-27-29(23)35(18-24-10-7-8-13-28(24)34)32(38)33(27,25-14-19(2)30(36)20(3)15-25)26-16-21(4)31(37)22(5)17-26/h7-17,36-37H,6,18H2,1-5H3. The minimum atomic E-state index is -1.17. The minimum absolute atomic E-state index is 0.0812. The second-order valence-corrected chi connectivity index (χ2v) is 10.7. The number of rotatable bonds is 5. The Labute approximate surface area is 229 Å². The summed E-state index contributed by atoms with van der Waals surface area (Å²) < 4.78 is 0. The van der Waals surface area contributed by atoms with Gasteiger partial charge < -0.3 is 15.1 Å². The van der Waals surface area contributed by atoms with Gasteiger partial charge in [0.05, 0.1) is 12.2 Å². The van der Waals surface area contributed by atoms with Gasteiger partial charge in [-0.3, -0.25) is 4.79 Å². The van der Waals surface area contributed by atoms with Crippen molar-refractivity contribution in [3.8, 4) is 11.5 Å². The van der Waals surface area contributed by atoms with Crippen LogP contribution in [0.1, 0.15) is 57.0 Å². The van der Waals surface area contributed by atoms with Crippen molar-refractivity contribution in [2.45, 2.75) is 53.0 Å². The van der Waals surface area contributed by atoms with E-state index in [1.165, 1.54) is 0 Å². The van der Waals surface area contributed by atoms with Gasteiger partial charge in [-0.2, -0.15) is 0 Å². The van der Waals surface area contributed by atoms with Gasteiger partial charge in [-0.05, 0) is 84.7 Å². The van der Waals surface area contributed by atoms with E-state index < -0.39 is 5.41 Å². The lowest BCUT2D eigenvalue weighted by Gasteiger charge is -2.32. The van der Waals surface area contributed by atoms with Crippen LogP contribution in [-0.2, 0) is 23.2 Å². The highest BCUT2D eigenvalue weighted by Gasteiger charge is 2.54. The molecule has 4 aromatic carbocycles. The summed E-state index contributed by atoms with van der Waals surface area (Å²) in [4.78, 5) is 16.9. The summed E-state index contributed by atoms with van der Waals surface area (Å²) in [7, 11) is 0. The fourth-order valence-electron chi connectivity index (χ4n) is 5.93. The van der Waals surface area contributed by atoms with Crippen LogP contribution in [0.3, 0.4) is 0 Å². The lowest BCUT2D eigenvalue weighted by molar-refractivity contribution is -0.120. The summed E-state index contributed by atoms with van der Waals surface area (Å²) in [6.07, 6.45) is 0.757. The predicted molar refractivity (Wildman–Crippen MR) is 154 cm³/mol. The number of benzene rings is 4. The number of carbonyl (C=O) groups is 1. The first-order valence-corrected chi connectivity index (χ1v) is 13.3. The van der Waals surface area contributed by atoms with Crippen LogP contribution in [0.5, 0.6) is 11.5 Å². The molecule has 0 spiro atoms. The zero-order valence-electron chi connectivity index (χ0n) is 22.4. The van der Waals surface area contributed by atoms with Crippen molar-refractivity contribution in [3.05, 3.63) is 122 Å². The Morgan fingerprint density at radius 1 is 0.763 bits per heavy atom. The van der Waals surface area contributed by atoms with Crippen molar-refractivity contribution in [1.29, 1.82) is 0 Å². The summed E-state index contributed by atoms with van der Waals surface area (Å²) in [5.41, 5.74) is 6.95. The number of para-hydroxylation sites is 1. The van der Waals surface area contributed by atoms with Gasteiger partial charge in [-0.25, -0.2) is 0 Å². The van der Waals surface area contributed by atoms with E-state index in [1.807, 2.05) is 93.3 Å². The topological polar surface area (TPSA) is 60.8 Å². The molecule has 0 radical (unpaired) electrons. The van der Waals surface area contributed by atoms with E-state index >= 15 is 4.79 Å². The van der Waals surface area contributed by atoms with E-state index in [9.17, 15) is 10.2 Å². The van der Waals surface area contributed by atoms with Crippen molar-refractivity contribution in [3.63, 3.8) is 0 Å². The number of nitrogens with zero attached hydrogens (tertiary/aromatic N) is 1. The molecule has 0 unspecified atom stereocenters. The average Bonchev–Trinajstić information content (AvgIpc) is 3.15. The zero-order chi connectivity index (χ0) is 27.4. The molecule has 0 bridgehead atoms. The van der Waals surface area contributed by atoms with E-state index in [-0.39, 0.29) is 17.4 Å². The Morgan fingerprint density at radius 3 is 1.76 bits per heavy atom. The fraction of sp³-hybridized carbons (Fsp3) is 0.242. The molecule has 0 atom stereocenters. The molecule has 194 valence electrons. The van der Waals surface area contributed by atoms with E-state index in [4.69, 9.17) is 11.6 Å². The van der Waals surface area contributed by atoms with Crippen LogP contribution in [0, 0.1) is 27.7 Å². The third kappa shape index (κ3) is 3.78. The van der Waals surface area contributed by atoms with E-state index in [1.54, 1.807) is 0 Å². The number of aryl methyl sites for hydroxylation is 5. The van der Waals surface area contributed by atoms with Gasteiger partial charge in [0.1, 0.15) is 16.9 Å². The normalized spacial score (nSPS) is 14.2. The van der Waals surface area contributed by atoms with Gasteiger partial charge in [0, 0.05) is 10.6 Å². The molecule has 1 aliphatic heterocycles. The molecule has 1 aliphatic rings. The van der Waals surface area contributed by atoms with Crippen molar-refractivity contribution in [2.75, 3.05) is 4.90 Å². The molecule has 1 heterocycles. The second-order valence-electron chi connectivity index (χ2n) is 10.3. The molecule has 0 aromatic heterocycles. The maximum absolute atomic E-state index is 15.0. The summed E-state index contributed by atoms with van der Waals surface area (Å²) >= 11 is 6.58. The number of carbonyl (C=O) groups excluding carboxylic acids is 1. The van der Waals surface area contributed by atoms with Crippen LogP contribution >= 0.6 is 11.6 Å². The van der Waals surface area contributed by atoms with Crippen LogP contribution in [0.4, 0.5) is 5.69 Å². The van der Waals surface area contributed by atoms with Crippen molar-refractivity contribution in [1.82, 2.24) is 0 Å². The van der Waals surface area contributed by atoms with Gasteiger partial charge in [-0.15, -0.1) is 0 Å². The van der Waals surface area contributed by atoms with Crippen LogP contribution in [0.2, 0.25) is 5.02 Å². The molecule has 1 amide bonds. The number of anilines is 1. The van der Waals surface area contributed by atoms with Gasteiger partial charge >= 0.3 is 0 Å². The first kappa shape index (κ1) is 25.9. The smallest absolute Gasteiger partial charge is 0.247 e. The highest BCUT2D eigenvalue weighted by Crippen LogP contribution is 2.53. The predicted octanol–water partition coefficient (Wildman–Crippen LogP) is 7.43. The summed E-state index contributed by atoms with van der Waals surface area (Å²) in [6.45, 7) is 9.86. The monoisotopic (exact) mass is 525 g/mol. The summed E-state index contributed by atoms with van der Waals surface area (Å²) in [5, 5.41) is 21.9. The van der Waals surface area contributed by atoms with Crippen molar-refractivity contribution in [2.24, 2.45) is 0 Å². The molecular formula is C33H32ClNO3. The van der Waals surface area contributed by atoms with Gasteiger partial charge in [-0.1, -0.05) is 79.2 Å². The van der Waals surface area contributed by atoms with Crippen LogP contribution < -0.4 is 4.90 Å². The molecule has 2 N–H and O–H groups in total. The van der Waals surface area contributed by atoms with Crippen LogP contribution in [0.25, 0.3) is 0 Å². The highest BCUT2D eigenvalue weighted by molar-refractivity contribution is 6.31. The largest absolute Gasteiger partial charge is 0.507 e.